The molecular formula is C13H27IOSi. The first kappa shape index (κ1) is 16.6. The van der Waals surface area contributed by atoms with Crippen LogP contribution in [0.1, 0.15) is 48.5 Å². The lowest BCUT2D eigenvalue weighted by molar-refractivity contribution is 0.316. The summed E-state index contributed by atoms with van der Waals surface area (Å²) in [5.74, 6) is 0. The van der Waals surface area contributed by atoms with E-state index in [-0.39, 0.29) is 0 Å². The molecular weight excluding hydrogens is 327 g/mol. The van der Waals surface area contributed by atoms with Gasteiger partial charge in [0.2, 0.25) is 8.32 Å². The molecule has 0 N–H and O–H groups in total. The van der Waals surface area contributed by atoms with Gasteiger partial charge >= 0.3 is 0 Å². The van der Waals surface area contributed by atoms with Crippen molar-refractivity contribution in [2.24, 2.45) is 0 Å². The number of halogens is 1. The average molecular weight is 354 g/mol. The number of hydrogen-bond acceptors (Lipinski definition) is 1. The van der Waals surface area contributed by atoms with Crippen molar-refractivity contribution in [3.8, 4) is 0 Å². The zero-order valence-electron chi connectivity index (χ0n) is 11.8. The van der Waals surface area contributed by atoms with Gasteiger partial charge in [-0.05, 0) is 49.7 Å². The molecule has 0 aliphatic heterocycles. The molecule has 0 saturated carbocycles. The van der Waals surface area contributed by atoms with Crippen molar-refractivity contribution in [1.29, 1.82) is 0 Å². The highest BCUT2D eigenvalue weighted by Gasteiger charge is 2.44. The van der Waals surface area contributed by atoms with Crippen molar-refractivity contribution in [3.63, 3.8) is 0 Å². The molecule has 96 valence electrons. The van der Waals surface area contributed by atoms with Crippen molar-refractivity contribution in [2.75, 3.05) is 6.61 Å². The highest BCUT2D eigenvalue weighted by atomic mass is 127. The van der Waals surface area contributed by atoms with E-state index in [1.54, 1.807) is 0 Å². The van der Waals surface area contributed by atoms with Crippen LogP contribution in [-0.2, 0) is 4.43 Å². The third kappa shape index (κ3) is 4.15. The predicted octanol–water partition coefficient (Wildman–Crippen LogP) is 5.52. The Labute approximate surface area is 116 Å². The smallest absolute Gasteiger partial charge is 0.200 e. The largest absolute Gasteiger partial charge is 0.412 e. The molecule has 0 fully saturated rings. The van der Waals surface area contributed by atoms with Gasteiger partial charge in [-0.3, -0.25) is 0 Å². The molecule has 0 aliphatic carbocycles. The monoisotopic (exact) mass is 354 g/mol. The molecule has 0 aromatic heterocycles. The zero-order chi connectivity index (χ0) is 12.9. The maximum absolute atomic E-state index is 6.38. The van der Waals surface area contributed by atoms with E-state index >= 15 is 0 Å². The second-order valence-electron chi connectivity index (χ2n) is 5.42. The summed E-state index contributed by atoms with van der Waals surface area (Å²) in [6.45, 7) is 16.9. The van der Waals surface area contributed by atoms with Crippen LogP contribution in [0.25, 0.3) is 0 Å². The first-order chi connectivity index (χ1) is 7.25. The standard InChI is InChI=1S/C13H27IOSi/c1-10(2)16(11(3)4,12(5)6)15-9-8-13(7)14/h8,10-12H,9H2,1-7H3/b13-8-. The fraction of sp³-hybridized carbons (Fsp3) is 0.846. The van der Waals surface area contributed by atoms with Gasteiger partial charge in [0.05, 0.1) is 6.61 Å². The van der Waals surface area contributed by atoms with Gasteiger partial charge in [-0.15, -0.1) is 0 Å². The fourth-order valence-corrected chi connectivity index (χ4v) is 8.35. The number of hydrogen-bond donors (Lipinski definition) is 0. The van der Waals surface area contributed by atoms with E-state index in [1.165, 1.54) is 3.58 Å². The van der Waals surface area contributed by atoms with Gasteiger partial charge in [-0.1, -0.05) is 47.6 Å². The molecule has 0 aromatic carbocycles. The van der Waals surface area contributed by atoms with Gasteiger partial charge in [0.15, 0.2) is 0 Å². The molecule has 0 saturated heterocycles. The SMILES string of the molecule is C/C(I)=C/CO[Si](C(C)C)(C(C)C)C(C)C. The van der Waals surface area contributed by atoms with Crippen LogP contribution in [0.5, 0.6) is 0 Å². The summed E-state index contributed by atoms with van der Waals surface area (Å²) in [5, 5.41) is 0. The Morgan fingerprint density at radius 1 is 1.06 bits per heavy atom. The Kier molecular flexibility index (Phi) is 7.45. The third-order valence-electron chi connectivity index (χ3n) is 3.41. The predicted molar refractivity (Wildman–Crippen MR) is 84.8 cm³/mol. The highest BCUT2D eigenvalue weighted by Crippen LogP contribution is 2.42. The first-order valence-corrected chi connectivity index (χ1v) is 9.43. The summed E-state index contributed by atoms with van der Waals surface area (Å²) in [6.07, 6.45) is 2.19. The molecule has 0 unspecified atom stereocenters. The Bertz CT molecular complexity index is 208. The minimum atomic E-state index is -1.64. The highest BCUT2D eigenvalue weighted by molar-refractivity contribution is 14.1. The minimum Gasteiger partial charge on any atom is -0.412 e. The van der Waals surface area contributed by atoms with E-state index in [1.807, 2.05) is 0 Å². The normalized spacial score (nSPS) is 14.3. The average Bonchev–Trinajstić information content (AvgIpc) is 2.09. The van der Waals surface area contributed by atoms with Crippen LogP contribution in [0.2, 0.25) is 16.6 Å². The molecule has 3 heteroatoms. The van der Waals surface area contributed by atoms with Crippen LogP contribution < -0.4 is 0 Å². The van der Waals surface area contributed by atoms with Crippen molar-refractivity contribution < 1.29 is 4.43 Å². The van der Waals surface area contributed by atoms with Gasteiger partial charge in [0, 0.05) is 0 Å². The minimum absolute atomic E-state index is 0.676. The molecule has 0 rings (SSSR count). The van der Waals surface area contributed by atoms with E-state index in [9.17, 15) is 0 Å². The van der Waals surface area contributed by atoms with Crippen LogP contribution in [-0.4, -0.2) is 14.9 Å². The molecule has 0 bridgehead atoms. The van der Waals surface area contributed by atoms with Gasteiger partial charge in [-0.25, -0.2) is 0 Å². The maximum Gasteiger partial charge on any atom is 0.200 e. The molecule has 16 heavy (non-hydrogen) atoms. The van der Waals surface area contributed by atoms with Gasteiger partial charge in [0.25, 0.3) is 0 Å². The molecule has 1 nitrogen and oxygen atoms in total. The van der Waals surface area contributed by atoms with E-state index in [0.717, 1.165) is 6.61 Å². The fourth-order valence-electron chi connectivity index (χ4n) is 2.80. The Morgan fingerprint density at radius 3 is 1.69 bits per heavy atom. The van der Waals surface area contributed by atoms with Crippen LogP contribution in [0.3, 0.4) is 0 Å². The first-order valence-electron chi connectivity index (χ1n) is 6.21. The van der Waals surface area contributed by atoms with E-state index in [2.05, 4.69) is 77.1 Å². The van der Waals surface area contributed by atoms with E-state index in [0.29, 0.717) is 16.6 Å². The molecule has 0 aliphatic rings. The lowest BCUT2D eigenvalue weighted by atomic mass is 10.5. The van der Waals surface area contributed by atoms with Gasteiger partial charge < -0.3 is 4.43 Å². The summed E-state index contributed by atoms with van der Waals surface area (Å²) < 4.78 is 7.70. The van der Waals surface area contributed by atoms with Crippen LogP contribution in [0, 0.1) is 0 Å². The number of allylic oxidation sites excluding steroid dienone is 1. The quantitative estimate of drug-likeness (QED) is 0.451. The van der Waals surface area contributed by atoms with Crippen LogP contribution >= 0.6 is 22.6 Å². The number of rotatable bonds is 6. The van der Waals surface area contributed by atoms with Crippen LogP contribution in [0.15, 0.2) is 9.66 Å². The summed E-state index contributed by atoms with van der Waals surface area (Å²) in [7, 11) is -1.64. The van der Waals surface area contributed by atoms with Crippen molar-refractivity contribution in [2.45, 2.75) is 65.1 Å². The summed E-state index contributed by atoms with van der Waals surface area (Å²) in [5.41, 5.74) is 2.03. The Morgan fingerprint density at radius 2 is 1.44 bits per heavy atom. The summed E-state index contributed by atoms with van der Waals surface area (Å²) in [6, 6.07) is 0. The van der Waals surface area contributed by atoms with E-state index in [4.69, 9.17) is 4.43 Å². The van der Waals surface area contributed by atoms with Crippen molar-refractivity contribution in [3.05, 3.63) is 9.66 Å². The summed E-state index contributed by atoms with van der Waals surface area (Å²) >= 11 is 2.34. The van der Waals surface area contributed by atoms with Crippen LogP contribution in [0.4, 0.5) is 0 Å². The molecule has 0 atom stereocenters. The lowest BCUT2D eigenvalue weighted by Gasteiger charge is -2.41. The molecule has 0 aromatic rings. The molecule has 0 radical (unpaired) electrons. The third-order valence-corrected chi connectivity index (χ3v) is 9.93. The van der Waals surface area contributed by atoms with E-state index < -0.39 is 8.32 Å². The van der Waals surface area contributed by atoms with Gasteiger partial charge in [0.1, 0.15) is 0 Å². The Balaban J connectivity index is 4.84. The second kappa shape index (κ2) is 7.16. The molecule has 0 amide bonds. The Hall–Kier alpha value is 0.647. The van der Waals surface area contributed by atoms with Crippen molar-refractivity contribution >= 4 is 30.9 Å². The summed E-state index contributed by atoms with van der Waals surface area (Å²) in [4.78, 5) is 0. The molecule has 0 spiro atoms. The lowest BCUT2D eigenvalue weighted by Crippen LogP contribution is -2.47. The molecule has 0 heterocycles. The van der Waals surface area contributed by atoms with Gasteiger partial charge in [-0.2, -0.15) is 0 Å². The second-order valence-corrected chi connectivity index (χ2v) is 12.6. The van der Waals surface area contributed by atoms with Crippen molar-refractivity contribution in [1.82, 2.24) is 0 Å². The maximum atomic E-state index is 6.38. The zero-order valence-corrected chi connectivity index (χ0v) is 15.0. The topological polar surface area (TPSA) is 9.23 Å².